The number of allylic oxidation sites excluding steroid dienone is 6. The number of rotatable bonds is 0. The van der Waals surface area contributed by atoms with E-state index in [1.807, 2.05) is 30.3 Å². The molecule has 40 heavy (non-hydrogen) atoms. The van der Waals surface area contributed by atoms with Crippen molar-refractivity contribution in [2.24, 2.45) is 27.6 Å². The summed E-state index contributed by atoms with van der Waals surface area (Å²) in [4.78, 5) is 0. The fraction of sp³-hybridized carbons (Fsp3) is 0.486. The first-order valence-corrected chi connectivity index (χ1v) is 15.9. The summed E-state index contributed by atoms with van der Waals surface area (Å²) in [6, 6.07) is 19.2. The molecular weight excluding hydrogens is 695 g/mol. The third-order valence-electron chi connectivity index (χ3n) is 11.8. The van der Waals surface area contributed by atoms with Crippen molar-refractivity contribution >= 4 is 8.78 Å². The van der Waals surface area contributed by atoms with E-state index in [0.717, 1.165) is 6.42 Å². The molecule has 2 aromatic carbocycles. The Balaban J connectivity index is 0.000000342. The van der Waals surface area contributed by atoms with Gasteiger partial charge in [0.05, 0.1) is 0 Å². The molecule has 0 N–H and O–H groups in total. The number of fused-ring (bicyclic) bond motifs is 6. The van der Waals surface area contributed by atoms with Crippen molar-refractivity contribution in [3.8, 4) is 0 Å². The monoisotopic (exact) mass is 738 g/mol. The first-order valence-electron chi connectivity index (χ1n) is 14.7. The molecule has 0 amide bonds. The van der Waals surface area contributed by atoms with Gasteiger partial charge in [0.25, 0.3) is 0 Å². The van der Waals surface area contributed by atoms with Crippen molar-refractivity contribution in [1.29, 1.82) is 0 Å². The zero-order chi connectivity index (χ0) is 27.5. The van der Waals surface area contributed by atoms with Gasteiger partial charge in [-0.25, -0.2) is 18.1 Å². The van der Waals surface area contributed by atoms with Crippen molar-refractivity contribution in [2.45, 2.75) is 87.5 Å². The molecular formula is C37H46Br2Zr-2. The minimum Gasteiger partial charge on any atom is -0.214 e. The van der Waals surface area contributed by atoms with Crippen LogP contribution in [-0.4, -0.2) is 3.21 Å². The molecule has 2 unspecified atom stereocenters. The normalized spacial score (nSPS) is 27.3. The standard InChI is InChI=1S/C29H37.C5H5.C3H4.2BrH.Zr/c1-18-25-22-17-19-13-9-10-14-20(19)24(22)21-15-11-12-16-23(21)29(25,8)28(6,7)27(4,5)26(18,2)3;1-2-4-5-3-1;1-2-3-1;;;/h9-11,13-15,23H,12,16-17H2,1-8H3;1-5H;1-2H2;2*1H;/q2*-1;;;;+2/p-2. The summed E-state index contributed by atoms with van der Waals surface area (Å²) in [6.45, 7) is 20.3. The van der Waals surface area contributed by atoms with E-state index >= 15 is 0 Å². The first-order chi connectivity index (χ1) is 17.9. The average Bonchev–Trinajstić information content (AvgIpc) is 3.32. The van der Waals surface area contributed by atoms with E-state index in [9.17, 15) is 0 Å². The molecule has 0 spiro atoms. The Morgan fingerprint density at radius 1 is 0.875 bits per heavy atom. The third-order valence-corrected chi connectivity index (χ3v) is 13.1. The molecule has 2 fully saturated rings. The molecule has 0 heterocycles. The molecule has 0 bridgehead atoms. The molecule has 0 aliphatic heterocycles. The van der Waals surface area contributed by atoms with Crippen molar-refractivity contribution in [1.82, 2.24) is 0 Å². The van der Waals surface area contributed by atoms with Crippen LogP contribution < -0.4 is 34.0 Å². The van der Waals surface area contributed by atoms with Crippen LogP contribution in [0, 0.1) is 33.5 Å². The Labute approximate surface area is 280 Å². The summed E-state index contributed by atoms with van der Waals surface area (Å²) < 4.78 is 1.76. The van der Waals surface area contributed by atoms with Crippen LogP contribution in [0.3, 0.4) is 0 Å². The van der Waals surface area contributed by atoms with Gasteiger partial charge in [-0.15, -0.1) is 6.92 Å². The van der Waals surface area contributed by atoms with Gasteiger partial charge >= 0.3 is 40.3 Å². The minimum atomic E-state index is 0. The third kappa shape index (κ3) is 5.11. The largest absolute Gasteiger partial charge is 0.214 e. The summed E-state index contributed by atoms with van der Waals surface area (Å²) in [7, 11) is 0. The van der Waals surface area contributed by atoms with Gasteiger partial charge in [0, 0.05) is 0 Å². The van der Waals surface area contributed by atoms with Crippen molar-refractivity contribution in [2.75, 3.05) is 0 Å². The second-order valence-electron chi connectivity index (χ2n) is 13.8. The van der Waals surface area contributed by atoms with Gasteiger partial charge in [-0.3, -0.25) is 0 Å². The van der Waals surface area contributed by atoms with Gasteiger partial charge in [0.15, 0.2) is 0 Å². The maximum Gasteiger partial charge on any atom is -0.172 e. The molecule has 2 aromatic rings. The summed E-state index contributed by atoms with van der Waals surface area (Å²) in [5.74, 6) is 2.24. The van der Waals surface area contributed by atoms with E-state index in [0.29, 0.717) is 5.92 Å². The average molecular weight is 742 g/mol. The smallest absolute Gasteiger partial charge is 0.172 e. The van der Waals surface area contributed by atoms with Crippen molar-refractivity contribution in [3.05, 3.63) is 101 Å². The van der Waals surface area contributed by atoms with Crippen LogP contribution in [0.15, 0.2) is 83.5 Å². The molecule has 0 aromatic heterocycles. The SMILES string of the molecule is C[C-]1C2=C3Cc4ccccc4C3=C3C=CCCC3C2(C)C(C)(C)C(C)(C)C1(C)C.[Br-].[Br-].[Zr+2]=[C]1CC1.c1cc[cH-]c1. The summed E-state index contributed by atoms with van der Waals surface area (Å²) in [5.41, 5.74) is 10.3. The van der Waals surface area contributed by atoms with E-state index in [2.05, 4.69) is 91.8 Å². The summed E-state index contributed by atoms with van der Waals surface area (Å²) in [6.07, 6.45) is 11.4. The molecule has 0 radical (unpaired) electrons. The predicted molar refractivity (Wildman–Crippen MR) is 161 cm³/mol. The second kappa shape index (κ2) is 12.2. The molecule has 5 aliphatic rings. The van der Waals surface area contributed by atoms with E-state index < -0.39 is 0 Å². The van der Waals surface area contributed by atoms with Gasteiger partial charge in [-0.2, -0.15) is 29.3 Å². The predicted octanol–water partition coefficient (Wildman–Crippen LogP) is 3.88. The van der Waals surface area contributed by atoms with Crippen LogP contribution >= 0.6 is 0 Å². The Kier molecular flexibility index (Phi) is 10.3. The van der Waals surface area contributed by atoms with Crippen LogP contribution in [0.5, 0.6) is 0 Å². The topological polar surface area (TPSA) is 0 Å². The van der Waals surface area contributed by atoms with Gasteiger partial charge in [0.2, 0.25) is 0 Å². The zero-order valence-electron chi connectivity index (χ0n) is 25.7. The fourth-order valence-corrected chi connectivity index (χ4v) is 8.26. The van der Waals surface area contributed by atoms with Gasteiger partial charge in [-0.05, 0) is 40.6 Å². The van der Waals surface area contributed by atoms with Crippen molar-refractivity contribution in [3.63, 3.8) is 0 Å². The Hall–Kier alpha value is -0.627. The maximum absolute atomic E-state index is 2.62. The van der Waals surface area contributed by atoms with Gasteiger partial charge in [0.1, 0.15) is 0 Å². The van der Waals surface area contributed by atoms with Crippen LogP contribution in [0.2, 0.25) is 0 Å². The van der Waals surface area contributed by atoms with Crippen LogP contribution in [0.4, 0.5) is 0 Å². The van der Waals surface area contributed by atoms with E-state index in [1.54, 1.807) is 55.7 Å². The van der Waals surface area contributed by atoms with Crippen LogP contribution in [0.1, 0.15) is 92.2 Å². The summed E-state index contributed by atoms with van der Waals surface area (Å²) >= 11 is 1.66. The van der Waals surface area contributed by atoms with Gasteiger partial charge in [-0.1, -0.05) is 113 Å². The maximum atomic E-state index is 2.62. The van der Waals surface area contributed by atoms with E-state index in [-0.39, 0.29) is 55.6 Å². The molecule has 0 saturated heterocycles. The molecule has 0 nitrogen and oxygen atoms in total. The second-order valence-corrected chi connectivity index (χ2v) is 15.6. The molecule has 5 aliphatic carbocycles. The van der Waals surface area contributed by atoms with E-state index in [4.69, 9.17) is 0 Å². The number of benzene rings is 1. The summed E-state index contributed by atoms with van der Waals surface area (Å²) in [5, 5.41) is 0. The molecule has 7 rings (SSSR count). The fourth-order valence-electron chi connectivity index (χ4n) is 7.95. The molecule has 214 valence electrons. The molecule has 3 heteroatoms. The number of halogens is 2. The van der Waals surface area contributed by atoms with E-state index in [1.165, 1.54) is 36.8 Å². The van der Waals surface area contributed by atoms with Gasteiger partial charge < -0.3 is 34.0 Å². The molecule has 2 atom stereocenters. The quantitative estimate of drug-likeness (QED) is 0.360. The van der Waals surface area contributed by atoms with Crippen molar-refractivity contribution < 1.29 is 58.2 Å². The zero-order valence-corrected chi connectivity index (χ0v) is 31.3. The number of hydrogen-bond acceptors (Lipinski definition) is 0. The Morgan fingerprint density at radius 3 is 2.02 bits per heavy atom. The minimum absolute atomic E-state index is 0. The van der Waals surface area contributed by atoms with Crippen LogP contribution in [0.25, 0.3) is 5.57 Å². The Morgan fingerprint density at radius 2 is 1.48 bits per heavy atom. The molecule has 2 saturated carbocycles. The van der Waals surface area contributed by atoms with Crippen LogP contribution in [-0.2, 0) is 30.7 Å². The number of hydrogen-bond donors (Lipinski definition) is 0. The Bertz CT molecular complexity index is 1290. The first kappa shape index (κ1) is 33.9.